The summed E-state index contributed by atoms with van der Waals surface area (Å²) in [6.45, 7) is 5.18. The molecule has 0 saturated carbocycles. The number of nitrogens with one attached hydrogen (secondary N) is 1. The maximum absolute atomic E-state index is 12.3. The summed E-state index contributed by atoms with van der Waals surface area (Å²) in [5.41, 5.74) is 0.407. The standard InChI is InChI=1S/C18H26N2O5/c1-3-12(2)25-16-10-14(4-7-19-16)17(21)20-11-15(18(22)23)13-5-8-24-9-6-13/h4,7,10,12-13,15H,3,5-6,8-9,11H2,1-2H3,(H,20,21)(H,22,23). The highest BCUT2D eigenvalue weighted by atomic mass is 16.5. The van der Waals surface area contributed by atoms with Crippen LogP contribution in [0.25, 0.3) is 0 Å². The minimum Gasteiger partial charge on any atom is -0.481 e. The number of amides is 1. The molecule has 138 valence electrons. The predicted octanol–water partition coefficient (Wildman–Crippen LogP) is 2.12. The Morgan fingerprint density at radius 2 is 2.16 bits per heavy atom. The zero-order chi connectivity index (χ0) is 18.2. The number of nitrogens with zero attached hydrogens (tertiary/aromatic N) is 1. The monoisotopic (exact) mass is 350 g/mol. The smallest absolute Gasteiger partial charge is 0.308 e. The number of hydrogen-bond acceptors (Lipinski definition) is 5. The van der Waals surface area contributed by atoms with Crippen LogP contribution in [0.3, 0.4) is 0 Å². The first-order valence-electron chi connectivity index (χ1n) is 8.72. The largest absolute Gasteiger partial charge is 0.481 e. The van der Waals surface area contributed by atoms with Gasteiger partial charge in [-0.05, 0) is 38.2 Å². The number of aromatic nitrogens is 1. The number of pyridine rings is 1. The van der Waals surface area contributed by atoms with Gasteiger partial charge >= 0.3 is 5.97 Å². The molecule has 2 unspecified atom stereocenters. The predicted molar refractivity (Wildman–Crippen MR) is 91.6 cm³/mol. The number of aliphatic carboxylic acids is 1. The number of rotatable bonds is 8. The molecule has 1 fully saturated rings. The molecule has 2 atom stereocenters. The fourth-order valence-electron chi connectivity index (χ4n) is 2.78. The van der Waals surface area contributed by atoms with Gasteiger partial charge in [0.15, 0.2) is 0 Å². The Labute approximate surface area is 147 Å². The Morgan fingerprint density at radius 1 is 1.44 bits per heavy atom. The SMILES string of the molecule is CCC(C)Oc1cc(C(=O)NCC(C(=O)O)C2CCOCC2)ccn1. The van der Waals surface area contributed by atoms with Crippen molar-refractivity contribution in [2.24, 2.45) is 11.8 Å². The fraction of sp³-hybridized carbons (Fsp3) is 0.611. The van der Waals surface area contributed by atoms with E-state index < -0.39 is 11.9 Å². The quantitative estimate of drug-likeness (QED) is 0.745. The fourth-order valence-corrected chi connectivity index (χ4v) is 2.78. The average Bonchev–Trinajstić information content (AvgIpc) is 2.62. The summed E-state index contributed by atoms with van der Waals surface area (Å²) in [5, 5.41) is 12.2. The van der Waals surface area contributed by atoms with Crippen molar-refractivity contribution in [1.82, 2.24) is 10.3 Å². The Morgan fingerprint density at radius 3 is 2.80 bits per heavy atom. The van der Waals surface area contributed by atoms with Crippen LogP contribution in [0.4, 0.5) is 0 Å². The van der Waals surface area contributed by atoms with Gasteiger partial charge in [-0.15, -0.1) is 0 Å². The zero-order valence-electron chi connectivity index (χ0n) is 14.7. The zero-order valence-corrected chi connectivity index (χ0v) is 14.7. The highest BCUT2D eigenvalue weighted by Gasteiger charge is 2.30. The van der Waals surface area contributed by atoms with E-state index in [0.717, 1.165) is 6.42 Å². The van der Waals surface area contributed by atoms with E-state index in [9.17, 15) is 14.7 Å². The second-order valence-corrected chi connectivity index (χ2v) is 6.32. The molecule has 2 N–H and O–H groups in total. The van der Waals surface area contributed by atoms with Crippen LogP contribution in [0.2, 0.25) is 0 Å². The van der Waals surface area contributed by atoms with Gasteiger partial charge in [-0.3, -0.25) is 9.59 Å². The van der Waals surface area contributed by atoms with E-state index in [1.165, 1.54) is 6.20 Å². The molecule has 0 radical (unpaired) electrons. The van der Waals surface area contributed by atoms with E-state index >= 15 is 0 Å². The minimum absolute atomic E-state index is 0.00993. The molecular weight excluding hydrogens is 324 g/mol. The van der Waals surface area contributed by atoms with Gasteiger partial charge in [0.1, 0.15) is 0 Å². The first-order chi connectivity index (χ1) is 12.0. The van der Waals surface area contributed by atoms with Crippen molar-refractivity contribution < 1.29 is 24.2 Å². The summed E-state index contributed by atoms with van der Waals surface area (Å²) in [6, 6.07) is 3.16. The summed E-state index contributed by atoms with van der Waals surface area (Å²) >= 11 is 0. The topological polar surface area (TPSA) is 97.8 Å². The van der Waals surface area contributed by atoms with Crippen LogP contribution in [0.5, 0.6) is 5.88 Å². The normalized spacial score (nSPS) is 17.5. The van der Waals surface area contributed by atoms with Crippen LogP contribution < -0.4 is 10.1 Å². The Balaban J connectivity index is 1.96. The number of carbonyl (C=O) groups excluding carboxylic acids is 1. The molecule has 0 aromatic carbocycles. The summed E-state index contributed by atoms with van der Waals surface area (Å²) in [4.78, 5) is 28.0. The van der Waals surface area contributed by atoms with Gasteiger partial charge in [0.05, 0.1) is 12.0 Å². The molecule has 0 spiro atoms. The van der Waals surface area contributed by atoms with Crippen LogP contribution in [0.15, 0.2) is 18.3 Å². The number of carbonyl (C=O) groups is 2. The number of ether oxygens (including phenoxy) is 2. The lowest BCUT2D eigenvalue weighted by Gasteiger charge is -2.27. The molecule has 1 aromatic rings. The van der Waals surface area contributed by atoms with E-state index in [4.69, 9.17) is 9.47 Å². The van der Waals surface area contributed by atoms with Gasteiger partial charge < -0.3 is 19.9 Å². The van der Waals surface area contributed by atoms with Crippen LogP contribution >= 0.6 is 0 Å². The number of hydrogen-bond donors (Lipinski definition) is 2. The van der Waals surface area contributed by atoms with E-state index in [-0.39, 0.29) is 24.5 Å². The van der Waals surface area contributed by atoms with Crippen molar-refractivity contribution in [2.75, 3.05) is 19.8 Å². The molecule has 2 heterocycles. The van der Waals surface area contributed by atoms with Crippen molar-refractivity contribution in [3.05, 3.63) is 23.9 Å². The molecule has 1 saturated heterocycles. The third kappa shape index (κ3) is 5.70. The van der Waals surface area contributed by atoms with Crippen molar-refractivity contribution >= 4 is 11.9 Å². The molecule has 2 rings (SSSR count). The molecule has 0 bridgehead atoms. The molecule has 7 heteroatoms. The maximum Gasteiger partial charge on any atom is 0.308 e. The van der Waals surface area contributed by atoms with Gasteiger partial charge in [0.25, 0.3) is 5.91 Å². The Kier molecular flexibility index (Phi) is 7.18. The van der Waals surface area contributed by atoms with Crippen molar-refractivity contribution in [2.45, 2.75) is 39.2 Å². The van der Waals surface area contributed by atoms with E-state index in [1.807, 2.05) is 13.8 Å². The average molecular weight is 350 g/mol. The van der Waals surface area contributed by atoms with Crippen LogP contribution in [0, 0.1) is 11.8 Å². The van der Waals surface area contributed by atoms with Crippen LogP contribution in [0.1, 0.15) is 43.5 Å². The summed E-state index contributed by atoms with van der Waals surface area (Å²) in [5.74, 6) is -1.41. The van der Waals surface area contributed by atoms with E-state index in [1.54, 1.807) is 12.1 Å². The highest BCUT2D eigenvalue weighted by molar-refractivity contribution is 5.94. The highest BCUT2D eigenvalue weighted by Crippen LogP contribution is 2.24. The summed E-state index contributed by atoms with van der Waals surface area (Å²) in [6.07, 6.45) is 3.77. The number of carboxylic acids is 1. The molecule has 1 amide bonds. The van der Waals surface area contributed by atoms with Gasteiger partial charge in [-0.1, -0.05) is 6.92 Å². The third-order valence-corrected chi connectivity index (χ3v) is 4.53. The first-order valence-corrected chi connectivity index (χ1v) is 8.72. The van der Waals surface area contributed by atoms with Crippen LogP contribution in [-0.2, 0) is 9.53 Å². The first kappa shape index (κ1) is 19.2. The molecule has 25 heavy (non-hydrogen) atoms. The lowest BCUT2D eigenvalue weighted by molar-refractivity contribution is -0.144. The Hall–Kier alpha value is -2.15. The summed E-state index contributed by atoms with van der Waals surface area (Å²) < 4.78 is 10.9. The van der Waals surface area contributed by atoms with E-state index in [0.29, 0.717) is 37.5 Å². The van der Waals surface area contributed by atoms with Gasteiger partial charge in [-0.2, -0.15) is 0 Å². The lowest BCUT2D eigenvalue weighted by atomic mass is 9.86. The second kappa shape index (κ2) is 9.36. The molecule has 1 aliphatic rings. The van der Waals surface area contributed by atoms with Gasteiger partial charge in [0, 0.05) is 37.6 Å². The Bertz CT molecular complexity index is 587. The summed E-state index contributed by atoms with van der Waals surface area (Å²) in [7, 11) is 0. The molecule has 1 aromatic heterocycles. The molecule has 7 nitrogen and oxygen atoms in total. The van der Waals surface area contributed by atoms with Gasteiger partial charge in [-0.25, -0.2) is 4.98 Å². The van der Waals surface area contributed by atoms with E-state index in [2.05, 4.69) is 10.3 Å². The van der Waals surface area contributed by atoms with Crippen molar-refractivity contribution in [3.8, 4) is 5.88 Å². The van der Waals surface area contributed by atoms with Gasteiger partial charge in [0.2, 0.25) is 5.88 Å². The molecule has 0 aliphatic carbocycles. The molecule has 1 aliphatic heterocycles. The molecular formula is C18H26N2O5. The second-order valence-electron chi connectivity index (χ2n) is 6.32. The van der Waals surface area contributed by atoms with Crippen molar-refractivity contribution in [1.29, 1.82) is 0 Å². The van der Waals surface area contributed by atoms with Crippen LogP contribution in [-0.4, -0.2) is 47.8 Å². The maximum atomic E-state index is 12.3. The number of carboxylic acid groups (broad SMARTS) is 1. The minimum atomic E-state index is -0.886. The third-order valence-electron chi connectivity index (χ3n) is 4.53. The van der Waals surface area contributed by atoms with Crippen molar-refractivity contribution in [3.63, 3.8) is 0 Å². The lowest BCUT2D eigenvalue weighted by Crippen LogP contribution is -2.39.